The summed E-state index contributed by atoms with van der Waals surface area (Å²) >= 11 is 0. The van der Waals surface area contributed by atoms with Crippen LogP contribution < -0.4 is 10.1 Å². The first-order valence-electron chi connectivity index (χ1n) is 9.52. The number of nitrogens with one attached hydrogen (secondary N) is 2. The van der Waals surface area contributed by atoms with E-state index in [0.717, 1.165) is 16.3 Å². The Morgan fingerprint density at radius 2 is 1.45 bits per heavy atom. The molecule has 0 heterocycles. The molecule has 0 atom stereocenters. The van der Waals surface area contributed by atoms with Gasteiger partial charge < -0.3 is 0 Å². The van der Waals surface area contributed by atoms with Crippen molar-refractivity contribution in [1.29, 1.82) is 0 Å². The number of carbonyl (C=O) groups is 1. The Morgan fingerprint density at radius 1 is 0.774 bits per heavy atom. The minimum absolute atomic E-state index is 0.166. The Kier molecular flexibility index (Phi) is 5.77. The number of carbonyl (C=O) groups excluding carboxylic acids is 1. The number of sulfonamides is 1. The number of hydrogen-bond donors (Lipinski definition) is 2. The molecule has 0 radical (unpaired) electrons. The van der Waals surface area contributed by atoms with Gasteiger partial charge in [-0.15, -0.1) is 0 Å². The molecular weight excluding hydrogens is 410 g/mol. The van der Waals surface area contributed by atoms with Gasteiger partial charge in [0, 0.05) is 16.8 Å². The first-order valence-corrected chi connectivity index (χ1v) is 11.0. The number of fused-ring (bicyclic) bond motifs is 1. The lowest BCUT2D eigenvalue weighted by molar-refractivity contribution is 0.0955. The summed E-state index contributed by atoms with van der Waals surface area (Å²) < 4.78 is 27.3. The number of anilines is 1. The van der Waals surface area contributed by atoms with Crippen molar-refractivity contribution in [1.82, 2.24) is 5.43 Å². The predicted molar refractivity (Wildman–Crippen MR) is 123 cm³/mol. The summed E-state index contributed by atoms with van der Waals surface area (Å²) in [6, 6.07) is 28.0. The zero-order chi connectivity index (χ0) is 21.7. The van der Waals surface area contributed by atoms with Crippen LogP contribution in [0.2, 0.25) is 0 Å². The summed E-state index contributed by atoms with van der Waals surface area (Å²) in [5.41, 5.74) is 4.11. The first-order chi connectivity index (χ1) is 15.0. The van der Waals surface area contributed by atoms with Crippen molar-refractivity contribution in [2.24, 2.45) is 5.10 Å². The van der Waals surface area contributed by atoms with E-state index in [-0.39, 0.29) is 4.90 Å². The molecule has 0 saturated carbocycles. The third-order valence-corrected chi connectivity index (χ3v) is 6.04. The molecule has 2 N–H and O–H groups in total. The molecule has 4 aromatic carbocycles. The lowest BCUT2D eigenvalue weighted by atomic mass is 10.1. The van der Waals surface area contributed by atoms with Crippen LogP contribution in [-0.4, -0.2) is 20.5 Å². The Morgan fingerprint density at radius 3 is 2.23 bits per heavy atom. The Labute approximate surface area is 180 Å². The van der Waals surface area contributed by atoms with Gasteiger partial charge in [0.05, 0.1) is 11.1 Å². The number of amides is 1. The topological polar surface area (TPSA) is 87.6 Å². The monoisotopic (exact) mass is 429 g/mol. The molecular formula is C24H19N3O3S. The highest BCUT2D eigenvalue weighted by Gasteiger charge is 2.13. The summed E-state index contributed by atoms with van der Waals surface area (Å²) in [5, 5.41) is 6.18. The van der Waals surface area contributed by atoms with Gasteiger partial charge in [0.2, 0.25) is 0 Å². The molecule has 0 bridgehead atoms. The quantitative estimate of drug-likeness (QED) is 0.352. The molecule has 0 aliphatic heterocycles. The summed E-state index contributed by atoms with van der Waals surface area (Å²) in [4.78, 5) is 12.5. The molecule has 6 nitrogen and oxygen atoms in total. The van der Waals surface area contributed by atoms with Crippen LogP contribution in [0, 0.1) is 0 Å². The van der Waals surface area contributed by atoms with Gasteiger partial charge in [-0.2, -0.15) is 5.10 Å². The molecule has 31 heavy (non-hydrogen) atoms. The fourth-order valence-electron chi connectivity index (χ4n) is 3.09. The zero-order valence-electron chi connectivity index (χ0n) is 16.4. The molecule has 4 aromatic rings. The number of benzene rings is 4. The maximum absolute atomic E-state index is 12.4. The van der Waals surface area contributed by atoms with Gasteiger partial charge in [0.1, 0.15) is 0 Å². The van der Waals surface area contributed by atoms with Crippen molar-refractivity contribution in [3.05, 3.63) is 108 Å². The maximum Gasteiger partial charge on any atom is 0.271 e. The summed E-state index contributed by atoms with van der Waals surface area (Å²) in [5.74, 6) is -0.394. The fourth-order valence-corrected chi connectivity index (χ4v) is 4.17. The lowest BCUT2D eigenvalue weighted by Crippen LogP contribution is -2.18. The smallest absolute Gasteiger partial charge is 0.271 e. The highest BCUT2D eigenvalue weighted by atomic mass is 32.2. The van der Waals surface area contributed by atoms with E-state index in [4.69, 9.17) is 0 Å². The largest absolute Gasteiger partial charge is 0.280 e. The van der Waals surface area contributed by atoms with E-state index in [1.54, 1.807) is 24.4 Å². The molecule has 154 valence electrons. The second-order valence-electron chi connectivity index (χ2n) is 6.76. The SMILES string of the molecule is O=C(NN=Cc1cccc2ccccc12)c1ccc(NS(=O)(=O)c2ccccc2)cc1. The van der Waals surface area contributed by atoms with Crippen molar-refractivity contribution < 1.29 is 13.2 Å². The molecule has 0 fully saturated rings. The second kappa shape index (κ2) is 8.81. The van der Waals surface area contributed by atoms with Crippen molar-refractivity contribution in [2.75, 3.05) is 4.72 Å². The van der Waals surface area contributed by atoms with Crippen LogP contribution in [0.4, 0.5) is 5.69 Å². The summed E-state index contributed by atoms with van der Waals surface area (Å²) in [6.45, 7) is 0. The van der Waals surface area contributed by atoms with E-state index in [1.165, 1.54) is 36.4 Å². The summed E-state index contributed by atoms with van der Waals surface area (Å²) in [6.07, 6.45) is 1.60. The van der Waals surface area contributed by atoms with Crippen LogP contribution in [0.1, 0.15) is 15.9 Å². The highest BCUT2D eigenvalue weighted by Crippen LogP contribution is 2.18. The molecule has 4 rings (SSSR count). The van der Waals surface area contributed by atoms with E-state index < -0.39 is 15.9 Å². The van der Waals surface area contributed by atoms with Gasteiger partial charge in [0.15, 0.2) is 0 Å². The number of nitrogens with zero attached hydrogens (tertiary/aromatic N) is 1. The minimum Gasteiger partial charge on any atom is -0.280 e. The highest BCUT2D eigenvalue weighted by molar-refractivity contribution is 7.92. The molecule has 0 unspecified atom stereocenters. The van der Waals surface area contributed by atoms with Crippen LogP contribution in [0.3, 0.4) is 0 Å². The average Bonchev–Trinajstić information content (AvgIpc) is 2.80. The zero-order valence-corrected chi connectivity index (χ0v) is 17.2. The summed E-state index contributed by atoms with van der Waals surface area (Å²) in [7, 11) is -3.68. The van der Waals surface area contributed by atoms with Crippen LogP contribution in [-0.2, 0) is 10.0 Å². The number of rotatable bonds is 6. The van der Waals surface area contributed by atoms with Crippen molar-refractivity contribution in [2.45, 2.75) is 4.90 Å². The van der Waals surface area contributed by atoms with Crippen LogP contribution >= 0.6 is 0 Å². The van der Waals surface area contributed by atoms with E-state index in [1.807, 2.05) is 42.5 Å². The number of hydrogen-bond acceptors (Lipinski definition) is 4. The second-order valence-corrected chi connectivity index (χ2v) is 8.45. The third kappa shape index (κ3) is 4.79. The fraction of sp³-hybridized carbons (Fsp3) is 0. The van der Waals surface area contributed by atoms with Gasteiger partial charge in [-0.25, -0.2) is 13.8 Å². The average molecular weight is 430 g/mol. The van der Waals surface area contributed by atoms with Crippen molar-refractivity contribution in [3.63, 3.8) is 0 Å². The van der Waals surface area contributed by atoms with Crippen molar-refractivity contribution in [3.8, 4) is 0 Å². The van der Waals surface area contributed by atoms with E-state index in [2.05, 4.69) is 15.2 Å². The predicted octanol–water partition coefficient (Wildman–Crippen LogP) is 4.40. The van der Waals surface area contributed by atoms with Gasteiger partial charge in [-0.05, 0) is 47.2 Å². The van der Waals surface area contributed by atoms with E-state index in [0.29, 0.717) is 11.3 Å². The van der Waals surface area contributed by atoms with Crippen LogP contribution in [0.25, 0.3) is 10.8 Å². The Balaban J connectivity index is 1.42. The lowest BCUT2D eigenvalue weighted by Gasteiger charge is -2.08. The molecule has 1 amide bonds. The molecule has 0 saturated heterocycles. The van der Waals surface area contributed by atoms with Gasteiger partial charge >= 0.3 is 0 Å². The van der Waals surface area contributed by atoms with Gasteiger partial charge in [-0.1, -0.05) is 60.7 Å². The maximum atomic E-state index is 12.4. The number of hydrazone groups is 1. The van der Waals surface area contributed by atoms with E-state index >= 15 is 0 Å². The Bertz CT molecular complexity index is 1340. The normalized spacial score (nSPS) is 11.5. The standard InChI is InChI=1S/C24H19N3O3S/c28-24(26-25-17-20-9-6-8-18-7-4-5-12-23(18)20)19-13-15-21(16-14-19)27-31(29,30)22-10-2-1-3-11-22/h1-17,27H,(H,26,28). The minimum atomic E-state index is -3.68. The molecule has 0 aliphatic rings. The molecule has 7 heteroatoms. The van der Waals surface area contributed by atoms with E-state index in [9.17, 15) is 13.2 Å². The Hall–Kier alpha value is -3.97. The van der Waals surface area contributed by atoms with Crippen LogP contribution in [0.15, 0.2) is 107 Å². The van der Waals surface area contributed by atoms with Gasteiger partial charge in [0.25, 0.3) is 15.9 Å². The van der Waals surface area contributed by atoms with Gasteiger partial charge in [-0.3, -0.25) is 9.52 Å². The molecule has 0 spiro atoms. The molecule has 0 aliphatic carbocycles. The first kappa shape index (κ1) is 20.3. The van der Waals surface area contributed by atoms with Crippen LogP contribution in [0.5, 0.6) is 0 Å². The molecule has 0 aromatic heterocycles. The van der Waals surface area contributed by atoms with Crippen molar-refractivity contribution >= 4 is 38.6 Å². The third-order valence-electron chi connectivity index (χ3n) is 4.65.